The van der Waals surface area contributed by atoms with Crippen LogP contribution in [0.3, 0.4) is 0 Å². The Bertz CT molecular complexity index is 1200. The van der Waals surface area contributed by atoms with Crippen molar-refractivity contribution in [3.05, 3.63) is 68.7 Å². The molecule has 1 aromatic carbocycles. The number of benzene rings is 1. The lowest BCUT2D eigenvalue weighted by Crippen LogP contribution is -2.22. The summed E-state index contributed by atoms with van der Waals surface area (Å²) in [5, 5.41) is 9.71. The molecular weight excluding hydrogens is 502 g/mol. The van der Waals surface area contributed by atoms with Crippen LogP contribution in [0.2, 0.25) is 0 Å². The van der Waals surface area contributed by atoms with E-state index in [1.807, 2.05) is 0 Å². The Morgan fingerprint density at radius 1 is 1.37 bits per heavy atom. The van der Waals surface area contributed by atoms with Crippen LogP contribution in [0.25, 0.3) is 6.08 Å². The van der Waals surface area contributed by atoms with Crippen molar-refractivity contribution in [2.24, 2.45) is 0 Å². The number of hydrogen-bond acceptors (Lipinski definition) is 8. The van der Waals surface area contributed by atoms with Crippen molar-refractivity contribution < 1.29 is 38.0 Å². The lowest BCUT2D eigenvalue weighted by atomic mass is 10.2. The standard InChI is InChI=1S/C21H24FN4O7PS/c1-13(26(12-27)11-16-10-24-14(2)25-20(16)23)18(6-7-33-34(30,31)32)35-19(21(28)29)9-15-4-3-5-17(22)8-15/h3-5,8-10,12H,6-7,11H2,1-2H3,(H,28,29)(H2,23,24,25)(H2,30,31,32)/b18-13-,19-9+. The fourth-order valence-corrected chi connectivity index (χ4v) is 4.12. The molecule has 0 radical (unpaired) electrons. The topological polar surface area (TPSA) is 176 Å². The molecule has 2 rings (SSSR count). The fourth-order valence-electron chi connectivity index (χ4n) is 2.79. The van der Waals surface area contributed by atoms with Crippen LogP contribution < -0.4 is 5.73 Å². The van der Waals surface area contributed by atoms with Crippen molar-refractivity contribution in [1.29, 1.82) is 0 Å². The van der Waals surface area contributed by atoms with Crippen molar-refractivity contribution in [3.63, 3.8) is 0 Å². The maximum absolute atomic E-state index is 13.6. The lowest BCUT2D eigenvalue weighted by Gasteiger charge is -2.22. The predicted molar refractivity (Wildman–Crippen MR) is 128 cm³/mol. The summed E-state index contributed by atoms with van der Waals surface area (Å²) < 4.78 is 29.2. The maximum Gasteiger partial charge on any atom is 0.469 e. The summed E-state index contributed by atoms with van der Waals surface area (Å²) in [4.78, 5) is 51.2. The predicted octanol–water partition coefficient (Wildman–Crippen LogP) is 3.05. The maximum atomic E-state index is 13.6. The number of nitrogens with zero attached hydrogens (tertiary/aromatic N) is 3. The van der Waals surface area contributed by atoms with Crippen molar-refractivity contribution in [1.82, 2.24) is 14.9 Å². The van der Waals surface area contributed by atoms with E-state index < -0.39 is 26.2 Å². The Hall–Kier alpha value is -3.09. The van der Waals surface area contributed by atoms with Gasteiger partial charge < -0.3 is 25.5 Å². The molecule has 1 amide bonds. The highest BCUT2D eigenvalue weighted by Gasteiger charge is 2.20. The number of thioether (sulfide) groups is 1. The number of phosphoric ester groups is 1. The number of phosphoric acid groups is 1. The molecule has 0 unspecified atom stereocenters. The Morgan fingerprint density at radius 3 is 2.66 bits per heavy atom. The van der Waals surface area contributed by atoms with Crippen LogP contribution in [0.1, 0.15) is 30.3 Å². The molecule has 5 N–H and O–H groups in total. The number of halogens is 1. The van der Waals surface area contributed by atoms with Crippen LogP contribution in [0.15, 0.2) is 46.0 Å². The number of aliphatic carboxylic acids is 1. The molecule has 0 bridgehead atoms. The molecule has 1 aromatic heterocycles. The third-order valence-electron chi connectivity index (χ3n) is 4.50. The van der Waals surface area contributed by atoms with E-state index >= 15 is 0 Å². The third kappa shape index (κ3) is 9.23. The van der Waals surface area contributed by atoms with Crippen molar-refractivity contribution >= 4 is 43.9 Å². The number of carboxylic acids is 1. The molecule has 35 heavy (non-hydrogen) atoms. The molecular formula is C21H24FN4O7PS. The number of nitrogens with two attached hydrogens (primary N) is 1. The number of anilines is 1. The minimum Gasteiger partial charge on any atom is -0.477 e. The Morgan fingerprint density at radius 2 is 2.09 bits per heavy atom. The second-order valence-electron chi connectivity index (χ2n) is 7.11. The van der Waals surface area contributed by atoms with Gasteiger partial charge in [0.2, 0.25) is 6.41 Å². The fraction of sp³-hybridized carbons (Fsp3) is 0.238. The zero-order valence-corrected chi connectivity index (χ0v) is 20.5. The van der Waals surface area contributed by atoms with E-state index in [1.165, 1.54) is 42.3 Å². The molecule has 2 aromatic rings. The van der Waals surface area contributed by atoms with Gasteiger partial charge >= 0.3 is 13.8 Å². The van der Waals surface area contributed by atoms with Gasteiger partial charge in [-0.3, -0.25) is 9.32 Å². The smallest absolute Gasteiger partial charge is 0.469 e. The van der Waals surface area contributed by atoms with E-state index in [4.69, 9.17) is 15.5 Å². The molecule has 188 valence electrons. The first-order chi connectivity index (χ1) is 16.4. The second kappa shape index (κ2) is 12.6. The van der Waals surface area contributed by atoms with Crippen LogP contribution in [0, 0.1) is 12.7 Å². The Kier molecular flexibility index (Phi) is 10.1. The molecule has 0 fully saturated rings. The summed E-state index contributed by atoms with van der Waals surface area (Å²) in [5.74, 6) is -1.28. The van der Waals surface area contributed by atoms with E-state index in [1.54, 1.807) is 6.92 Å². The van der Waals surface area contributed by atoms with E-state index in [2.05, 4.69) is 14.5 Å². The van der Waals surface area contributed by atoms with Gasteiger partial charge in [-0.15, -0.1) is 0 Å². The molecule has 0 saturated carbocycles. The van der Waals surface area contributed by atoms with Gasteiger partial charge in [0.25, 0.3) is 0 Å². The summed E-state index contributed by atoms with van der Waals surface area (Å²) in [6.07, 6.45) is 3.05. The summed E-state index contributed by atoms with van der Waals surface area (Å²) in [5.41, 5.74) is 6.92. The van der Waals surface area contributed by atoms with Crippen LogP contribution >= 0.6 is 19.6 Å². The summed E-state index contributed by atoms with van der Waals surface area (Å²) in [7, 11) is -4.78. The highest BCUT2D eigenvalue weighted by molar-refractivity contribution is 8.07. The number of aryl methyl sites for hydroxylation is 1. The highest BCUT2D eigenvalue weighted by Crippen LogP contribution is 2.38. The molecule has 11 nitrogen and oxygen atoms in total. The molecule has 0 aliphatic carbocycles. The summed E-state index contributed by atoms with van der Waals surface area (Å²) in [6.45, 7) is 2.68. The average molecular weight is 526 g/mol. The van der Waals surface area contributed by atoms with Crippen LogP contribution in [-0.4, -0.2) is 48.7 Å². The van der Waals surface area contributed by atoms with Crippen molar-refractivity contribution in [2.45, 2.75) is 26.8 Å². The van der Waals surface area contributed by atoms with Gasteiger partial charge in [-0.25, -0.2) is 23.7 Å². The first-order valence-corrected chi connectivity index (χ1v) is 12.3. The molecule has 0 saturated heterocycles. The number of carboxylic acid groups (broad SMARTS) is 1. The Labute approximate surface area is 204 Å². The van der Waals surface area contributed by atoms with Crippen LogP contribution in [0.4, 0.5) is 10.2 Å². The van der Waals surface area contributed by atoms with Crippen LogP contribution in [0.5, 0.6) is 0 Å². The molecule has 0 aliphatic rings. The highest BCUT2D eigenvalue weighted by atomic mass is 32.2. The lowest BCUT2D eigenvalue weighted by molar-refractivity contribution is -0.131. The third-order valence-corrected chi connectivity index (χ3v) is 6.28. The van der Waals surface area contributed by atoms with Gasteiger partial charge in [-0.1, -0.05) is 23.9 Å². The molecule has 14 heteroatoms. The number of carbonyl (C=O) groups excluding carboxylic acids is 1. The quantitative estimate of drug-likeness (QED) is 0.182. The number of allylic oxidation sites excluding steroid dienone is 1. The SMILES string of the molecule is C/C(=C(\CCOP(=O)(O)O)S/C(=C/c1cccc(F)c1)C(=O)O)N(C=O)Cc1cnc(C)nc1N. The minimum absolute atomic E-state index is 0.0408. The van der Waals surface area contributed by atoms with Gasteiger partial charge in [0.15, 0.2) is 0 Å². The Balaban J connectivity index is 2.44. The van der Waals surface area contributed by atoms with Crippen molar-refractivity contribution in [3.8, 4) is 0 Å². The van der Waals surface area contributed by atoms with E-state index in [0.717, 1.165) is 17.8 Å². The molecule has 0 spiro atoms. The van der Waals surface area contributed by atoms with Crippen molar-refractivity contribution in [2.75, 3.05) is 12.3 Å². The van der Waals surface area contributed by atoms with E-state index in [9.17, 15) is 23.7 Å². The number of carbonyl (C=O) groups is 2. The molecule has 0 atom stereocenters. The molecule has 1 heterocycles. The normalized spacial score (nSPS) is 12.8. The minimum atomic E-state index is -4.78. The number of hydrogen-bond donors (Lipinski definition) is 4. The number of amides is 1. The zero-order chi connectivity index (χ0) is 26.2. The second-order valence-corrected chi connectivity index (χ2v) is 9.49. The number of nitrogen functional groups attached to an aromatic ring is 1. The first-order valence-electron chi connectivity index (χ1n) is 9.97. The summed E-state index contributed by atoms with van der Waals surface area (Å²) >= 11 is 0.741. The van der Waals surface area contributed by atoms with Gasteiger partial charge in [0.05, 0.1) is 18.1 Å². The molecule has 0 aliphatic heterocycles. The summed E-state index contributed by atoms with van der Waals surface area (Å²) in [6, 6.07) is 5.29. The largest absolute Gasteiger partial charge is 0.477 e. The monoisotopic (exact) mass is 526 g/mol. The van der Waals surface area contributed by atoms with E-state index in [-0.39, 0.29) is 39.9 Å². The first kappa shape index (κ1) is 28.1. The van der Waals surface area contributed by atoms with Gasteiger partial charge in [-0.2, -0.15) is 0 Å². The van der Waals surface area contributed by atoms with E-state index in [0.29, 0.717) is 17.8 Å². The van der Waals surface area contributed by atoms with Gasteiger partial charge in [0, 0.05) is 28.8 Å². The van der Waals surface area contributed by atoms with Crippen LogP contribution in [-0.2, 0) is 25.2 Å². The average Bonchev–Trinajstić information content (AvgIpc) is 2.76. The number of aromatic nitrogens is 2. The van der Waals surface area contributed by atoms with Gasteiger partial charge in [-0.05, 0) is 37.6 Å². The number of rotatable bonds is 12. The van der Waals surface area contributed by atoms with Gasteiger partial charge in [0.1, 0.15) is 17.5 Å². The zero-order valence-electron chi connectivity index (χ0n) is 18.8.